The molecule has 4 nitrogen and oxygen atoms in total. The molecule has 0 fully saturated rings. The van der Waals surface area contributed by atoms with Crippen molar-refractivity contribution in [1.82, 2.24) is 0 Å². The van der Waals surface area contributed by atoms with E-state index in [0.29, 0.717) is 11.3 Å². The van der Waals surface area contributed by atoms with Crippen LogP contribution >= 0.6 is 45.2 Å². The molecule has 1 rings (SSSR count). The van der Waals surface area contributed by atoms with Crippen LogP contribution < -0.4 is 4.74 Å². The maximum Gasteiger partial charge on any atom is 0.337 e. The molecule has 82 valence electrons. The van der Waals surface area contributed by atoms with Crippen molar-refractivity contribution in [2.75, 3.05) is 7.11 Å². The van der Waals surface area contributed by atoms with Crippen molar-refractivity contribution in [2.24, 2.45) is 0 Å². The normalized spacial score (nSPS) is 12.3. The fraction of sp³-hybridized carbons (Fsp3) is 0.222. The largest absolute Gasteiger partial charge is 0.496 e. The molecule has 1 aromatic carbocycles. The molecular weight excluding hydrogens is 426 g/mol. The molecule has 0 amide bonds. The van der Waals surface area contributed by atoms with Crippen molar-refractivity contribution >= 4 is 51.2 Å². The Kier molecular flexibility index (Phi) is 4.59. The van der Waals surface area contributed by atoms with E-state index < -0.39 is 12.1 Å². The highest BCUT2D eigenvalue weighted by atomic mass is 127. The lowest BCUT2D eigenvalue weighted by atomic mass is 10.1. The van der Waals surface area contributed by atoms with Gasteiger partial charge in [0.15, 0.2) is 6.10 Å². The minimum Gasteiger partial charge on any atom is -0.496 e. The number of carboxylic acids is 1. The van der Waals surface area contributed by atoms with E-state index in [-0.39, 0.29) is 0 Å². The smallest absolute Gasteiger partial charge is 0.337 e. The first kappa shape index (κ1) is 13.0. The summed E-state index contributed by atoms with van der Waals surface area (Å²) < 4.78 is 6.83. The van der Waals surface area contributed by atoms with Gasteiger partial charge < -0.3 is 14.9 Å². The van der Waals surface area contributed by atoms with Crippen LogP contribution in [0.15, 0.2) is 12.1 Å². The van der Waals surface area contributed by atoms with Gasteiger partial charge in [0.05, 0.1) is 10.7 Å². The number of carboxylic acid groups (broad SMARTS) is 1. The highest BCUT2D eigenvalue weighted by Crippen LogP contribution is 2.30. The third kappa shape index (κ3) is 2.94. The first-order chi connectivity index (χ1) is 6.97. The fourth-order valence-corrected chi connectivity index (χ4v) is 2.19. The van der Waals surface area contributed by atoms with Crippen molar-refractivity contribution in [3.05, 3.63) is 24.8 Å². The van der Waals surface area contributed by atoms with Crippen molar-refractivity contribution in [1.29, 1.82) is 0 Å². The van der Waals surface area contributed by atoms with Gasteiger partial charge in [0, 0.05) is 3.57 Å². The molecule has 0 aromatic heterocycles. The van der Waals surface area contributed by atoms with E-state index in [4.69, 9.17) is 9.84 Å². The molecule has 1 atom stereocenters. The van der Waals surface area contributed by atoms with Gasteiger partial charge in [-0.1, -0.05) is 0 Å². The Morgan fingerprint density at radius 3 is 2.53 bits per heavy atom. The van der Waals surface area contributed by atoms with E-state index in [9.17, 15) is 9.90 Å². The van der Waals surface area contributed by atoms with Gasteiger partial charge in [0.2, 0.25) is 0 Å². The Morgan fingerprint density at radius 1 is 1.47 bits per heavy atom. The molecule has 15 heavy (non-hydrogen) atoms. The van der Waals surface area contributed by atoms with Gasteiger partial charge in [0.25, 0.3) is 0 Å². The summed E-state index contributed by atoms with van der Waals surface area (Å²) >= 11 is 4.16. The molecule has 0 bridgehead atoms. The molecule has 0 aliphatic rings. The first-order valence-corrected chi connectivity index (χ1v) is 6.07. The molecule has 0 saturated carbocycles. The lowest BCUT2D eigenvalue weighted by molar-refractivity contribution is -0.146. The van der Waals surface area contributed by atoms with E-state index in [0.717, 1.165) is 7.14 Å². The van der Waals surface area contributed by atoms with Gasteiger partial charge in [-0.2, -0.15) is 0 Å². The highest BCUT2D eigenvalue weighted by Gasteiger charge is 2.18. The number of hydrogen-bond donors (Lipinski definition) is 2. The summed E-state index contributed by atoms with van der Waals surface area (Å²) in [6.07, 6.45) is -1.51. The lowest BCUT2D eigenvalue weighted by Gasteiger charge is -2.11. The molecule has 0 saturated heterocycles. The summed E-state index contributed by atoms with van der Waals surface area (Å²) in [4.78, 5) is 10.6. The molecular formula is C9H8I2O4. The number of rotatable bonds is 3. The predicted molar refractivity (Wildman–Crippen MR) is 71.0 cm³/mol. The number of carbonyl (C=O) groups is 1. The molecule has 2 N–H and O–H groups in total. The van der Waals surface area contributed by atoms with Crippen LogP contribution in [0.1, 0.15) is 11.7 Å². The molecule has 0 aliphatic carbocycles. The zero-order valence-corrected chi connectivity index (χ0v) is 12.0. The number of aliphatic carboxylic acids is 1. The van der Waals surface area contributed by atoms with Crippen LogP contribution in [0.2, 0.25) is 0 Å². The van der Waals surface area contributed by atoms with Crippen LogP contribution in [-0.2, 0) is 4.79 Å². The lowest BCUT2D eigenvalue weighted by Crippen LogP contribution is -2.11. The third-order valence-corrected chi connectivity index (χ3v) is 4.78. The molecule has 1 aromatic rings. The van der Waals surface area contributed by atoms with E-state index in [1.54, 1.807) is 6.07 Å². The van der Waals surface area contributed by atoms with Gasteiger partial charge in [-0.05, 0) is 62.9 Å². The number of hydrogen-bond acceptors (Lipinski definition) is 3. The maximum atomic E-state index is 10.6. The summed E-state index contributed by atoms with van der Waals surface area (Å²) in [6.45, 7) is 0. The summed E-state index contributed by atoms with van der Waals surface area (Å²) in [7, 11) is 1.50. The van der Waals surface area contributed by atoms with Crippen molar-refractivity contribution in [3.63, 3.8) is 0 Å². The van der Waals surface area contributed by atoms with Crippen LogP contribution in [-0.4, -0.2) is 23.3 Å². The zero-order chi connectivity index (χ0) is 11.6. The topological polar surface area (TPSA) is 66.8 Å². The quantitative estimate of drug-likeness (QED) is 0.716. The highest BCUT2D eigenvalue weighted by molar-refractivity contribution is 14.1. The van der Waals surface area contributed by atoms with Gasteiger partial charge in [-0.15, -0.1) is 0 Å². The zero-order valence-electron chi connectivity index (χ0n) is 7.70. The van der Waals surface area contributed by atoms with Gasteiger partial charge in [-0.3, -0.25) is 0 Å². The minimum absolute atomic E-state index is 0.323. The molecule has 0 radical (unpaired) electrons. The summed E-state index contributed by atoms with van der Waals surface area (Å²) in [5.74, 6) is -0.702. The molecule has 1 unspecified atom stereocenters. The Bertz CT molecular complexity index is 392. The Balaban J connectivity index is 3.22. The first-order valence-electron chi connectivity index (χ1n) is 3.91. The molecule has 6 heteroatoms. The Morgan fingerprint density at radius 2 is 2.07 bits per heavy atom. The molecule has 0 heterocycles. The number of aliphatic hydroxyl groups is 1. The summed E-state index contributed by atoms with van der Waals surface area (Å²) in [5, 5.41) is 18.0. The van der Waals surface area contributed by atoms with Gasteiger partial charge in [0.1, 0.15) is 5.75 Å². The predicted octanol–water partition coefficient (Wildman–Crippen LogP) is 2.02. The van der Waals surface area contributed by atoms with Crippen LogP contribution in [0.3, 0.4) is 0 Å². The second kappa shape index (κ2) is 5.30. The van der Waals surface area contributed by atoms with E-state index in [2.05, 4.69) is 45.2 Å². The number of halogens is 2. The van der Waals surface area contributed by atoms with E-state index in [1.807, 2.05) is 0 Å². The van der Waals surface area contributed by atoms with Gasteiger partial charge in [-0.25, -0.2) is 4.79 Å². The van der Waals surface area contributed by atoms with Crippen LogP contribution in [0.25, 0.3) is 0 Å². The monoisotopic (exact) mass is 434 g/mol. The fourth-order valence-electron chi connectivity index (χ4n) is 1.03. The van der Waals surface area contributed by atoms with E-state index >= 15 is 0 Å². The second-order valence-electron chi connectivity index (χ2n) is 2.76. The van der Waals surface area contributed by atoms with Crippen molar-refractivity contribution in [3.8, 4) is 5.75 Å². The molecule has 0 spiro atoms. The maximum absolute atomic E-state index is 10.6. The summed E-state index contributed by atoms with van der Waals surface area (Å²) in [5.41, 5.74) is 0.323. The van der Waals surface area contributed by atoms with E-state index in [1.165, 1.54) is 13.2 Å². The average Bonchev–Trinajstić information content (AvgIpc) is 2.20. The van der Waals surface area contributed by atoms with Crippen molar-refractivity contribution < 1.29 is 19.7 Å². The number of benzene rings is 1. The number of ether oxygens (including phenoxy) is 1. The molecule has 0 aliphatic heterocycles. The van der Waals surface area contributed by atoms with Crippen LogP contribution in [0, 0.1) is 7.14 Å². The Hall–Kier alpha value is -0.0900. The van der Waals surface area contributed by atoms with Crippen molar-refractivity contribution in [2.45, 2.75) is 6.10 Å². The SMILES string of the molecule is COc1cc(C(O)C(=O)O)cc(I)c1I. The van der Waals surface area contributed by atoms with Crippen LogP contribution in [0.4, 0.5) is 0 Å². The standard InChI is InChI=1S/C9H8I2O4/c1-15-6-3-4(8(12)9(13)14)2-5(10)7(6)11/h2-3,8,12H,1H3,(H,13,14). The summed E-state index contributed by atoms with van der Waals surface area (Å²) in [6, 6.07) is 3.16. The Labute approximate surface area is 114 Å². The van der Waals surface area contributed by atoms with Gasteiger partial charge >= 0.3 is 5.97 Å². The van der Waals surface area contributed by atoms with Crippen LogP contribution in [0.5, 0.6) is 5.75 Å². The minimum atomic E-state index is -1.51. The number of methoxy groups -OCH3 is 1. The average molecular weight is 434 g/mol. The second-order valence-corrected chi connectivity index (χ2v) is 5.00. The number of aliphatic hydroxyl groups excluding tert-OH is 1. The third-order valence-electron chi connectivity index (χ3n) is 1.79.